The Morgan fingerprint density at radius 3 is 2.14 bits per heavy atom. The Balaban J connectivity index is 1.64. The minimum atomic E-state index is -0.818. The summed E-state index contributed by atoms with van der Waals surface area (Å²) < 4.78 is 5.68. The summed E-state index contributed by atoms with van der Waals surface area (Å²) in [4.78, 5) is 26.0. The van der Waals surface area contributed by atoms with Gasteiger partial charge in [-0.3, -0.25) is 9.59 Å². The molecule has 1 N–H and O–H groups in total. The number of benzene rings is 2. The highest BCUT2D eigenvalue weighted by atomic mass is 16.6. The van der Waals surface area contributed by atoms with Crippen molar-refractivity contribution < 1.29 is 19.4 Å². The van der Waals surface area contributed by atoms with Crippen molar-refractivity contribution >= 4 is 11.8 Å². The van der Waals surface area contributed by atoms with Gasteiger partial charge in [0.2, 0.25) is 0 Å². The predicted octanol–water partition coefficient (Wildman–Crippen LogP) is 3.99. The Labute approximate surface area is 165 Å². The van der Waals surface area contributed by atoms with E-state index >= 15 is 0 Å². The molecule has 4 nitrogen and oxygen atoms in total. The predicted molar refractivity (Wildman–Crippen MR) is 106 cm³/mol. The summed E-state index contributed by atoms with van der Waals surface area (Å²) in [5.74, 6) is -1.67. The van der Waals surface area contributed by atoms with Crippen LogP contribution in [0, 0.1) is 5.92 Å². The first kappa shape index (κ1) is 18.9. The standard InChI is InChI=1S/C24H26O4/c25-19-13-7-8-14-21(19)28-24(27)23-20(26)15-18(16-9-3-1-4-10-16)22(23)17-11-5-2-6-12-17/h1-6,9-12,18-19,21-23,25H,7-8,13-15H2/t18-,19-,21-,22-,23-/m1/s1. The molecule has 28 heavy (non-hydrogen) atoms. The van der Waals surface area contributed by atoms with Crippen molar-refractivity contribution in [2.24, 2.45) is 5.92 Å². The van der Waals surface area contributed by atoms with Crippen molar-refractivity contribution in [1.82, 2.24) is 0 Å². The normalized spacial score (nSPS) is 30.2. The molecule has 2 aliphatic rings. The van der Waals surface area contributed by atoms with E-state index in [-0.39, 0.29) is 17.6 Å². The summed E-state index contributed by atoms with van der Waals surface area (Å²) in [6.45, 7) is 0. The van der Waals surface area contributed by atoms with Crippen LogP contribution in [0.2, 0.25) is 0 Å². The van der Waals surface area contributed by atoms with Crippen LogP contribution in [0.1, 0.15) is 55.1 Å². The summed E-state index contributed by atoms with van der Waals surface area (Å²) in [5, 5.41) is 10.2. The van der Waals surface area contributed by atoms with Gasteiger partial charge in [-0.25, -0.2) is 0 Å². The number of carbonyl (C=O) groups is 2. The molecule has 0 bridgehead atoms. The molecule has 2 aromatic rings. The molecule has 0 saturated heterocycles. The van der Waals surface area contributed by atoms with E-state index in [4.69, 9.17) is 4.74 Å². The molecule has 0 amide bonds. The smallest absolute Gasteiger partial charge is 0.317 e. The number of aliphatic hydroxyl groups excluding tert-OH is 1. The highest BCUT2D eigenvalue weighted by Crippen LogP contribution is 2.48. The highest BCUT2D eigenvalue weighted by Gasteiger charge is 2.49. The number of Topliss-reactive ketones (excluding diaryl/α,β-unsaturated/α-hetero) is 1. The van der Waals surface area contributed by atoms with Crippen LogP contribution in [0.25, 0.3) is 0 Å². The lowest BCUT2D eigenvalue weighted by Crippen LogP contribution is -2.38. The summed E-state index contributed by atoms with van der Waals surface area (Å²) in [5.41, 5.74) is 2.05. The molecule has 2 aliphatic carbocycles. The van der Waals surface area contributed by atoms with Crippen molar-refractivity contribution in [2.75, 3.05) is 0 Å². The second kappa shape index (κ2) is 8.27. The topological polar surface area (TPSA) is 63.6 Å². The summed E-state index contributed by atoms with van der Waals surface area (Å²) in [7, 11) is 0. The Bertz CT molecular complexity index is 817. The van der Waals surface area contributed by atoms with Crippen molar-refractivity contribution in [1.29, 1.82) is 0 Å². The van der Waals surface area contributed by atoms with Gasteiger partial charge in [-0.2, -0.15) is 0 Å². The number of ketones is 1. The Hall–Kier alpha value is -2.46. The van der Waals surface area contributed by atoms with Crippen molar-refractivity contribution in [3.05, 3.63) is 71.8 Å². The van der Waals surface area contributed by atoms with E-state index < -0.39 is 24.1 Å². The van der Waals surface area contributed by atoms with E-state index in [0.29, 0.717) is 19.3 Å². The monoisotopic (exact) mass is 378 g/mol. The second-order valence-corrected chi connectivity index (χ2v) is 7.93. The zero-order valence-electron chi connectivity index (χ0n) is 15.9. The van der Waals surface area contributed by atoms with E-state index in [0.717, 1.165) is 24.0 Å². The van der Waals surface area contributed by atoms with Gasteiger partial charge < -0.3 is 9.84 Å². The van der Waals surface area contributed by atoms with E-state index in [2.05, 4.69) is 0 Å². The molecule has 146 valence electrons. The van der Waals surface area contributed by atoms with Crippen LogP contribution in [-0.4, -0.2) is 29.1 Å². The number of aliphatic hydroxyl groups is 1. The average Bonchev–Trinajstić information content (AvgIpc) is 3.08. The third-order valence-electron chi connectivity index (χ3n) is 6.16. The molecule has 5 atom stereocenters. The molecule has 0 aliphatic heterocycles. The van der Waals surface area contributed by atoms with E-state index in [1.807, 2.05) is 60.7 Å². The molecular weight excluding hydrogens is 352 g/mol. The first-order valence-electron chi connectivity index (χ1n) is 10.2. The summed E-state index contributed by atoms with van der Waals surface area (Å²) in [6, 6.07) is 19.7. The van der Waals surface area contributed by atoms with Crippen LogP contribution >= 0.6 is 0 Å². The van der Waals surface area contributed by atoms with Gasteiger partial charge in [-0.1, -0.05) is 67.1 Å². The molecule has 4 heteroatoms. The third kappa shape index (κ3) is 3.74. The minimum absolute atomic E-state index is 0.0510. The molecule has 4 rings (SSSR count). The molecule has 2 fully saturated rings. The van der Waals surface area contributed by atoms with Crippen molar-refractivity contribution in [3.63, 3.8) is 0 Å². The molecule has 2 aromatic carbocycles. The third-order valence-corrected chi connectivity index (χ3v) is 6.16. The number of rotatable bonds is 4. The van der Waals surface area contributed by atoms with E-state index in [1.54, 1.807) is 0 Å². The van der Waals surface area contributed by atoms with Gasteiger partial charge in [0.25, 0.3) is 0 Å². The lowest BCUT2D eigenvalue weighted by atomic mass is 9.80. The van der Waals surface area contributed by atoms with Gasteiger partial charge in [0.05, 0.1) is 6.10 Å². The Morgan fingerprint density at radius 2 is 1.50 bits per heavy atom. The first-order chi connectivity index (χ1) is 13.6. The van der Waals surface area contributed by atoms with Crippen molar-refractivity contribution in [3.8, 4) is 0 Å². The molecule has 0 heterocycles. The number of hydrogen-bond donors (Lipinski definition) is 1. The molecule has 0 radical (unpaired) electrons. The number of hydrogen-bond acceptors (Lipinski definition) is 4. The molecule has 2 saturated carbocycles. The first-order valence-corrected chi connectivity index (χ1v) is 10.2. The van der Waals surface area contributed by atoms with Crippen molar-refractivity contribution in [2.45, 2.75) is 56.1 Å². The Morgan fingerprint density at radius 1 is 0.893 bits per heavy atom. The maximum absolute atomic E-state index is 13.1. The van der Waals surface area contributed by atoms with Crippen LogP contribution in [0.15, 0.2) is 60.7 Å². The number of esters is 1. The lowest BCUT2D eigenvalue weighted by molar-refractivity contribution is -0.164. The minimum Gasteiger partial charge on any atom is -0.459 e. The number of carbonyl (C=O) groups excluding carboxylic acids is 2. The quantitative estimate of drug-likeness (QED) is 0.645. The zero-order valence-corrected chi connectivity index (χ0v) is 15.9. The molecular formula is C24H26O4. The van der Waals surface area contributed by atoms with Gasteiger partial charge in [-0.05, 0) is 36.3 Å². The maximum Gasteiger partial charge on any atom is 0.317 e. The fraction of sp³-hybridized carbons (Fsp3) is 0.417. The van der Waals surface area contributed by atoms with Crippen LogP contribution in [-0.2, 0) is 14.3 Å². The SMILES string of the molecule is O=C1C[C@H](c2ccccc2)[C@@H](c2ccccc2)[C@@H]1C(=O)O[C@@H]1CCCC[C@H]1O. The fourth-order valence-electron chi connectivity index (χ4n) is 4.74. The average molecular weight is 378 g/mol. The second-order valence-electron chi connectivity index (χ2n) is 7.93. The van der Waals surface area contributed by atoms with Crippen LogP contribution in [0.3, 0.4) is 0 Å². The molecule has 0 aromatic heterocycles. The molecule has 0 spiro atoms. The van der Waals surface area contributed by atoms with Gasteiger partial charge in [0, 0.05) is 12.3 Å². The fourth-order valence-corrected chi connectivity index (χ4v) is 4.74. The zero-order chi connectivity index (χ0) is 19.5. The highest BCUT2D eigenvalue weighted by molar-refractivity contribution is 6.02. The van der Waals surface area contributed by atoms with Crippen LogP contribution in [0.4, 0.5) is 0 Å². The van der Waals surface area contributed by atoms with Gasteiger partial charge in [0.15, 0.2) is 0 Å². The van der Waals surface area contributed by atoms with E-state index in [9.17, 15) is 14.7 Å². The largest absolute Gasteiger partial charge is 0.459 e. The Kier molecular flexibility index (Phi) is 5.58. The summed E-state index contributed by atoms with van der Waals surface area (Å²) >= 11 is 0. The molecule has 0 unspecified atom stereocenters. The summed E-state index contributed by atoms with van der Waals surface area (Å²) in [6.07, 6.45) is 2.38. The van der Waals surface area contributed by atoms with E-state index in [1.165, 1.54) is 0 Å². The maximum atomic E-state index is 13.1. The lowest BCUT2D eigenvalue weighted by Gasteiger charge is -2.30. The van der Waals surface area contributed by atoms with Crippen LogP contribution in [0.5, 0.6) is 0 Å². The number of ether oxygens (including phenoxy) is 1. The van der Waals surface area contributed by atoms with Gasteiger partial charge in [-0.15, -0.1) is 0 Å². The van der Waals surface area contributed by atoms with Crippen LogP contribution < -0.4 is 0 Å². The van der Waals surface area contributed by atoms with Gasteiger partial charge >= 0.3 is 5.97 Å². The van der Waals surface area contributed by atoms with Gasteiger partial charge in [0.1, 0.15) is 17.8 Å².